The van der Waals surface area contributed by atoms with Crippen molar-refractivity contribution in [2.24, 2.45) is 5.92 Å². The maximum Gasteiger partial charge on any atom is 0.243 e. The van der Waals surface area contributed by atoms with Crippen LogP contribution in [0.5, 0.6) is 5.75 Å². The summed E-state index contributed by atoms with van der Waals surface area (Å²) in [6, 6.07) is 6.79. The van der Waals surface area contributed by atoms with Crippen LogP contribution in [-0.4, -0.2) is 31.9 Å². The van der Waals surface area contributed by atoms with Crippen molar-refractivity contribution in [1.82, 2.24) is 4.31 Å². The number of nitrogens with zero attached hydrogens (tertiary/aromatic N) is 1. The number of hydrogen-bond donors (Lipinski definition) is 0. The van der Waals surface area contributed by atoms with E-state index in [0.717, 1.165) is 12.8 Å². The molecule has 1 aromatic rings. The Morgan fingerprint density at radius 1 is 1.20 bits per heavy atom. The first-order valence-electron chi connectivity index (χ1n) is 7.05. The van der Waals surface area contributed by atoms with Crippen molar-refractivity contribution in [3.05, 3.63) is 24.3 Å². The van der Waals surface area contributed by atoms with Crippen LogP contribution in [-0.2, 0) is 10.0 Å². The van der Waals surface area contributed by atoms with Crippen molar-refractivity contribution in [3.8, 4) is 5.75 Å². The lowest BCUT2D eigenvalue weighted by molar-refractivity contribution is 0.279. The average Bonchev–Trinajstić information content (AvgIpc) is 2.81. The molecule has 1 saturated heterocycles. The normalized spacial score (nSPS) is 24.2. The lowest BCUT2D eigenvalue weighted by Crippen LogP contribution is -2.42. The van der Waals surface area contributed by atoms with Crippen LogP contribution in [0.15, 0.2) is 29.2 Å². The Kier molecular flexibility index (Phi) is 4.39. The lowest BCUT2D eigenvalue weighted by Gasteiger charge is -2.30. The monoisotopic (exact) mass is 297 g/mol. The van der Waals surface area contributed by atoms with Gasteiger partial charge in [-0.3, -0.25) is 0 Å². The summed E-state index contributed by atoms with van der Waals surface area (Å²) in [5.74, 6) is 0.992. The lowest BCUT2D eigenvalue weighted by atomic mass is 10.0. The molecule has 20 heavy (non-hydrogen) atoms. The van der Waals surface area contributed by atoms with Crippen molar-refractivity contribution >= 4 is 10.0 Å². The molecule has 5 heteroatoms. The van der Waals surface area contributed by atoms with E-state index in [9.17, 15) is 8.42 Å². The topological polar surface area (TPSA) is 46.6 Å². The number of hydrogen-bond acceptors (Lipinski definition) is 3. The fourth-order valence-electron chi connectivity index (χ4n) is 2.91. The molecule has 1 aliphatic heterocycles. The molecule has 0 amide bonds. The fourth-order valence-corrected chi connectivity index (χ4v) is 4.91. The zero-order valence-corrected chi connectivity index (χ0v) is 13.4. The number of sulfonamides is 1. The van der Waals surface area contributed by atoms with Gasteiger partial charge in [-0.05, 0) is 49.9 Å². The maximum absolute atomic E-state index is 12.8. The Bertz CT molecular complexity index is 551. The molecule has 0 spiro atoms. The van der Waals surface area contributed by atoms with Crippen LogP contribution >= 0.6 is 0 Å². The Labute approximate surface area is 121 Å². The van der Waals surface area contributed by atoms with Crippen LogP contribution < -0.4 is 4.74 Å². The van der Waals surface area contributed by atoms with E-state index >= 15 is 0 Å². The summed E-state index contributed by atoms with van der Waals surface area (Å²) in [6.45, 7) is 6.15. The minimum Gasteiger partial charge on any atom is -0.497 e. The van der Waals surface area contributed by atoms with Gasteiger partial charge in [0.05, 0.1) is 12.0 Å². The van der Waals surface area contributed by atoms with Crippen LogP contribution in [0.1, 0.15) is 33.6 Å². The second kappa shape index (κ2) is 5.74. The summed E-state index contributed by atoms with van der Waals surface area (Å²) in [5.41, 5.74) is 0. The van der Waals surface area contributed by atoms with E-state index in [0.29, 0.717) is 16.6 Å². The Morgan fingerprint density at radius 3 is 2.30 bits per heavy atom. The summed E-state index contributed by atoms with van der Waals surface area (Å²) in [7, 11) is -1.86. The second-order valence-corrected chi connectivity index (χ2v) is 7.59. The highest BCUT2D eigenvalue weighted by atomic mass is 32.2. The minimum absolute atomic E-state index is 0.0644. The molecule has 0 saturated carbocycles. The molecule has 0 aromatic heterocycles. The Balaban J connectivity index is 2.37. The van der Waals surface area contributed by atoms with E-state index in [4.69, 9.17) is 4.74 Å². The van der Waals surface area contributed by atoms with Crippen molar-refractivity contribution in [1.29, 1.82) is 0 Å². The fraction of sp³-hybridized carbons (Fsp3) is 0.600. The van der Waals surface area contributed by atoms with Gasteiger partial charge >= 0.3 is 0 Å². The standard InChI is InChI=1S/C15H23NO3S/c1-11(2)15-10-5-12(3)16(15)20(17,18)14-8-6-13(19-4)7-9-14/h6-9,11-12,15H,5,10H2,1-4H3/t12-,15-/m1/s1. The number of methoxy groups -OCH3 is 1. The average molecular weight is 297 g/mol. The molecular formula is C15H23NO3S. The van der Waals surface area contributed by atoms with Crippen LogP contribution in [0.2, 0.25) is 0 Å². The third kappa shape index (κ3) is 2.69. The van der Waals surface area contributed by atoms with Crippen LogP contribution in [0.3, 0.4) is 0 Å². The molecule has 1 fully saturated rings. The Hall–Kier alpha value is -1.07. The number of ether oxygens (including phenoxy) is 1. The molecule has 2 rings (SSSR count). The smallest absolute Gasteiger partial charge is 0.243 e. The third-order valence-electron chi connectivity index (χ3n) is 4.05. The molecule has 0 unspecified atom stereocenters. The molecule has 4 nitrogen and oxygen atoms in total. The first-order valence-corrected chi connectivity index (χ1v) is 8.49. The van der Waals surface area contributed by atoms with E-state index in [1.54, 1.807) is 35.7 Å². The van der Waals surface area contributed by atoms with E-state index in [1.807, 2.05) is 6.92 Å². The molecule has 0 aliphatic carbocycles. The highest BCUT2D eigenvalue weighted by Gasteiger charge is 2.41. The molecule has 0 N–H and O–H groups in total. The Morgan fingerprint density at radius 2 is 1.80 bits per heavy atom. The predicted octanol–water partition coefficient (Wildman–Crippen LogP) is 2.89. The van der Waals surface area contributed by atoms with Crippen molar-refractivity contribution in [2.75, 3.05) is 7.11 Å². The molecule has 1 aliphatic rings. The first kappa shape index (κ1) is 15.3. The van der Waals surface area contributed by atoms with Gasteiger partial charge in [-0.2, -0.15) is 4.31 Å². The van der Waals surface area contributed by atoms with E-state index in [-0.39, 0.29) is 12.1 Å². The van der Waals surface area contributed by atoms with Gasteiger partial charge in [-0.15, -0.1) is 0 Å². The summed E-state index contributed by atoms with van der Waals surface area (Å²) in [4.78, 5) is 0.345. The molecule has 0 bridgehead atoms. The SMILES string of the molecule is COc1ccc(S(=O)(=O)N2[C@H](C)CC[C@@H]2C(C)C)cc1. The molecule has 1 aromatic carbocycles. The number of rotatable bonds is 4. The van der Waals surface area contributed by atoms with Gasteiger partial charge in [0.1, 0.15) is 5.75 Å². The summed E-state index contributed by atoms with van der Waals surface area (Å²) >= 11 is 0. The minimum atomic E-state index is -3.43. The van der Waals surface area contributed by atoms with Gasteiger partial charge in [-0.25, -0.2) is 8.42 Å². The van der Waals surface area contributed by atoms with Crippen LogP contribution in [0.4, 0.5) is 0 Å². The molecule has 0 radical (unpaired) electrons. The maximum atomic E-state index is 12.8. The third-order valence-corrected chi connectivity index (χ3v) is 6.10. The molecular weight excluding hydrogens is 274 g/mol. The predicted molar refractivity (Wildman–Crippen MR) is 79.3 cm³/mol. The van der Waals surface area contributed by atoms with Crippen molar-refractivity contribution < 1.29 is 13.2 Å². The second-order valence-electron chi connectivity index (χ2n) is 5.75. The van der Waals surface area contributed by atoms with Gasteiger partial charge in [0.2, 0.25) is 10.0 Å². The summed E-state index contributed by atoms with van der Waals surface area (Å²) in [6.07, 6.45) is 1.87. The zero-order chi connectivity index (χ0) is 14.9. The van der Waals surface area contributed by atoms with Crippen LogP contribution in [0, 0.1) is 5.92 Å². The van der Waals surface area contributed by atoms with Crippen molar-refractivity contribution in [2.45, 2.75) is 50.6 Å². The highest BCUT2D eigenvalue weighted by molar-refractivity contribution is 7.89. The number of benzene rings is 1. The quantitative estimate of drug-likeness (QED) is 0.858. The molecule has 2 atom stereocenters. The van der Waals surface area contributed by atoms with Crippen molar-refractivity contribution in [3.63, 3.8) is 0 Å². The van der Waals surface area contributed by atoms with Gasteiger partial charge in [0.25, 0.3) is 0 Å². The van der Waals surface area contributed by atoms with E-state index < -0.39 is 10.0 Å². The zero-order valence-electron chi connectivity index (χ0n) is 12.5. The largest absolute Gasteiger partial charge is 0.497 e. The van der Waals surface area contributed by atoms with Gasteiger partial charge in [0.15, 0.2) is 0 Å². The summed E-state index contributed by atoms with van der Waals surface area (Å²) in [5, 5.41) is 0. The van der Waals surface area contributed by atoms with Crippen LogP contribution in [0.25, 0.3) is 0 Å². The van der Waals surface area contributed by atoms with Gasteiger partial charge < -0.3 is 4.74 Å². The van der Waals surface area contributed by atoms with E-state index in [1.165, 1.54) is 0 Å². The molecule has 112 valence electrons. The molecule has 1 heterocycles. The summed E-state index contributed by atoms with van der Waals surface area (Å²) < 4.78 is 32.5. The first-order chi connectivity index (χ1) is 9.37. The van der Waals surface area contributed by atoms with E-state index in [2.05, 4.69) is 13.8 Å². The highest BCUT2D eigenvalue weighted by Crippen LogP contribution is 2.34. The van der Waals surface area contributed by atoms with Gasteiger partial charge in [-0.1, -0.05) is 13.8 Å². The van der Waals surface area contributed by atoms with Gasteiger partial charge in [0, 0.05) is 12.1 Å².